The number of phenolic OH excluding ortho intramolecular Hbond substituents is 1. The standard InChI is InChI=1S/C40H66N8O10/c1-10-23(8)33(42)39(56)43-24(9)34(51)44-27(15-20(2)3)35(52)46-29(18-25-11-13-26(49)14-12-25)37(54)45-28(16-21(4)5)36(53)47-30(19-32(41)50)38(55)48-31(40(57)58)17-22(6)7/h11-14,20-24,27-31,33,49H,10,15-19,42H2,1-9H3,(H2,41,50)(H,43,56)(H,44,51)(H,45,54)(H,46,52)(H,47,53)(H,48,55)(H,57,58)/t23-,24-,27-,28-,29-,30-,31-,33-/m0/s1. The quantitative estimate of drug-likeness (QED) is 0.0642. The summed E-state index contributed by atoms with van der Waals surface area (Å²) in [5.41, 5.74) is 11.9. The lowest BCUT2D eigenvalue weighted by atomic mass is 9.98. The van der Waals surface area contributed by atoms with Crippen LogP contribution < -0.4 is 43.4 Å². The van der Waals surface area contributed by atoms with E-state index >= 15 is 0 Å². The highest BCUT2D eigenvalue weighted by molar-refractivity contribution is 5.98. The van der Waals surface area contributed by atoms with E-state index in [4.69, 9.17) is 11.5 Å². The molecule has 0 saturated heterocycles. The van der Waals surface area contributed by atoms with Crippen LogP contribution in [-0.2, 0) is 44.8 Å². The number of aliphatic carboxylic acids is 1. The van der Waals surface area contributed by atoms with Crippen molar-refractivity contribution in [2.24, 2.45) is 35.1 Å². The largest absolute Gasteiger partial charge is 0.508 e. The number of benzene rings is 1. The summed E-state index contributed by atoms with van der Waals surface area (Å²) in [6.07, 6.45) is 0.138. The first kappa shape index (κ1) is 50.8. The molecule has 0 radical (unpaired) electrons. The molecule has 58 heavy (non-hydrogen) atoms. The van der Waals surface area contributed by atoms with Gasteiger partial charge in [-0.1, -0.05) is 73.9 Å². The lowest BCUT2D eigenvalue weighted by Gasteiger charge is -2.28. The van der Waals surface area contributed by atoms with Gasteiger partial charge in [0, 0.05) is 6.42 Å². The van der Waals surface area contributed by atoms with Gasteiger partial charge in [0.25, 0.3) is 0 Å². The zero-order chi connectivity index (χ0) is 44.4. The second kappa shape index (κ2) is 24.5. The van der Waals surface area contributed by atoms with Gasteiger partial charge in [-0.05, 0) is 67.6 Å². The molecule has 18 heteroatoms. The van der Waals surface area contributed by atoms with Crippen LogP contribution in [-0.4, -0.2) is 99.8 Å². The maximum Gasteiger partial charge on any atom is 0.326 e. The smallest absolute Gasteiger partial charge is 0.326 e. The van der Waals surface area contributed by atoms with Crippen LogP contribution in [0.25, 0.3) is 0 Å². The summed E-state index contributed by atoms with van der Waals surface area (Å²) in [5, 5.41) is 34.8. The third-order valence-electron chi connectivity index (χ3n) is 9.36. The fraction of sp³-hybridized carbons (Fsp3) is 0.650. The Hall–Kier alpha value is -5.26. The average molecular weight is 819 g/mol. The van der Waals surface area contributed by atoms with Gasteiger partial charge >= 0.3 is 5.97 Å². The molecule has 18 nitrogen and oxygen atoms in total. The Morgan fingerprint density at radius 2 is 0.966 bits per heavy atom. The summed E-state index contributed by atoms with van der Waals surface area (Å²) in [7, 11) is 0. The molecule has 0 bridgehead atoms. The highest BCUT2D eigenvalue weighted by Crippen LogP contribution is 2.14. The molecule has 1 aromatic rings. The van der Waals surface area contributed by atoms with Gasteiger partial charge in [-0.3, -0.25) is 33.6 Å². The minimum atomic E-state index is -1.57. The maximum absolute atomic E-state index is 14.1. The molecule has 0 fully saturated rings. The van der Waals surface area contributed by atoms with Crippen LogP contribution in [0, 0.1) is 23.7 Å². The molecule has 0 aliphatic carbocycles. The molecule has 0 heterocycles. The van der Waals surface area contributed by atoms with Crippen molar-refractivity contribution in [1.29, 1.82) is 0 Å². The Labute approximate surface area is 341 Å². The number of carbonyl (C=O) groups excluding carboxylic acids is 7. The molecular formula is C40H66N8O10. The van der Waals surface area contributed by atoms with E-state index in [2.05, 4.69) is 31.9 Å². The molecule has 0 unspecified atom stereocenters. The number of rotatable bonds is 25. The Morgan fingerprint density at radius 1 is 0.569 bits per heavy atom. The second-order valence-electron chi connectivity index (χ2n) is 16.2. The normalized spacial score (nSPS) is 15.5. The minimum absolute atomic E-state index is 0.0399. The SMILES string of the molecule is CC[C@H](C)[C@H](N)C(=O)N[C@@H](C)C(=O)N[C@@H](CC(C)C)C(=O)N[C@@H](Cc1ccc(O)cc1)C(=O)N[C@@H](CC(C)C)C(=O)N[C@@H](CC(N)=O)C(=O)N[C@@H](CC(C)C)C(=O)O. The first-order chi connectivity index (χ1) is 26.9. The van der Waals surface area contributed by atoms with Crippen molar-refractivity contribution in [3.05, 3.63) is 29.8 Å². The second-order valence-corrected chi connectivity index (χ2v) is 16.2. The van der Waals surface area contributed by atoms with Crippen LogP contribution in [0.2, 0.25) is 0 Å². The molecular weight excluding hydrogens is 752 g/mol. The lowest BCUT2D eigenvalue weighted by Crippen LogP contribution is -2.60. The van der Waals surface area contributed by atoms with Gasteiger partial charge in [0.2, 0.25) is 41.4 Å². The van der Waals surface area contributed by atoms with Crippen molar-refractivity contribution in [3.8, 4) is 5.75 Å². The number of aromatic hydroxyl groups is 1. The van der Waals surface area contributed by atoms with Crippen LogP contribution in [0.5, 0.6) is 5.75 Å². The number of hydrogen-bond donors (Lipinski definition) is 10. The number of primary amides is 1. The van der Waals surface area contributed by atoms with E-state index in [-0.39, 0.29) is 55.1 Å². The third-order valence-corrected chi connectivity index (χ3v) is 9.36. The fourth-order valence-corrected chi connectivity index (χ4v) is 5.86. The zero-order valence-electron chi connectivity index (χ0n) is 35.2. The van der Waals surface area contributed by atoms with Gasteiger partial charge in [0.1, 0.15) is 42.0 Å². The molecule has 8 atom stereocenters. The Kier molecular flexibility index (Phi) is 21.4. The molecule has 0 aliphatic rings. The number of nitrogens with two attached hydrogens (primary N) is 2. The topological polar surface area (TPSA) is 301 Å². The predicted molar refractivity (Wildman–Crippen MR) is 216 cm³/mol. The minimum Gasteiger partial charge on any atom is -0.508 e. The van der Waals surface area contributed by atoms with Gasteiger partial charge in [0.05, 0.1) is 12.5 Å². The zero-order valence-corrected chi connectivity index (χ0v) is 35.2. The molecule has 0 saturated carbocycles. The molecule has 326 valence electrons. The van der Waals surface area contributed by atoms with Crippen LogP contribution in [0.3, 0.4) is 0 Å². The molecule has 0 spiro atoms. The summed E-state index contributed by atoms with van der Waals surface area (Å²) in [6, 6.07) is -2.71. The molecule has 7 amide bonds. The Bertz CT molecular complexity index is 1570. The Balaban J connectivity index is 3.43. The van der Waals surface area contributed by atoms with Gasteiger partial charge in [-0.25, -0.2) is 4.79 Å². The number of carboxylic acid groups (broad SMARTS) is 1. The highest BCUT2D eigenvalue weighted by Gasteiger charge is 2.34. The van der Waals surface area contributed by atoms with Crippen molar-refractivity contribution >= 4 is 47.3 Å². The van der Waals surface area contributed by atoms with Crippen molar-refractivity contribution in [1.82, 2.24) is 31.9 Å². The molecule has 1 rings (SSSR count). The number of carboxylic acids is 1. The van der Waals surface area contributed by atoms with Crippen molar-refractivity contribution < 1.29 is 48.6 Å². The number of amides is 7. The van der Waals surface area contributed by atoms with E-state index in [1.165, 1.54) is 19.1 Å². The lowest BCUT2D eigenvalue weighted by molar-refractivity contribution is -0.143. The van der Waals surface area contributed by atoms with E-state index in [1.54, 1.807) is 39.8 Å². The average Bonchev–Trinajstić information content (AvgIpc) is 3.12. The summed E-state index contributed by atoms with van der Waals surface area (Å²) < 4.78 is 0. The van der Waals surface area contributed by atoms with E-state index < -0.39 is 96.0 Å². The van der Waals surface area contributed by atoms with Crippen LogP contribution in [0.15, 0.2) is 24.3 Å². The van der Waals surface area contributed by atoms with Crippen LogP contribution in [0.1, 0.15) is 100.0 Å². The van der Waals surface area contributed by atoms with E-state index in [9.17, 15) is 48.6 Å². The van der Waals surface area contributed by atoms with Crippen LogP contribution in [0.4, 0.5) is 0 Å². The van der Waals surface area contributed by atoms with Crippen molar-refractivity contribution in [3.63, 3.8) is 0 Å². The first-order valence-electron chi connectivity index (χ1n) is 19.8. The molecule has 12 N–H and O–H groups in total. The number of nitrogens with one attached hydrogen (secondary N) is 6. The van der Waals surface area contributed by atoms with Gasteiger partial charge in [-0.15, -0.1) is 0 Å². The van der Waals surface area contributed by atoms with E-state index in [1.807, 2.05) is 27.7 Å². The molecule has 1 aromatic carbocycles. The molecule has 0 aliphatic heterocycles. The summed E-state index contributed by atoms with van der Waals surface area (Å²) in [6.45, 7) is 15.9. The first-order valence-corrected chi connectivity index (χ1v) is 19.8. The summed E-state index contributed by atoms with van der Waals surface area (Å²) in [5.74, 6) is -7.41. The van der Waals surface area contributed by atoms with Gasteiger partial charge < -0.3 is 53.6 Å². The summed E-state index contributed by atoms with van der Waals surface area (Å²) in [4.78, 5) is 105. The van der Waals surface area contributed by atoms with Crippen LogP contribution >= 0.6 is 0 Å². The monoisotopic (exact) mass is 818 g/mol. The number of carbonyl (C=O) groups is 8. The predicted octanol–water partition coefficient (Wildman–Crippen LogP) is 0.335. The van der Waals surface area contributed by atoms with Crippen molar-refractivity contribution in [2.75, 3.05) is 0 Å². The molecule has 0 aromatic heterocycles. The number of phenols is 1. The number of hydrogen-bond acceptors (Lipinski definition) is 10. The summed E-state index contributed by atoms with van der Waals surface area (Å²) >= 11 is 0. The van der Waals surface area contributed by atoms with E-state index in [0.717, 1.165) is 0 Å². The fourth-order valence-electron chi connectivity index (χ4n) is 5.86. The van der Waals surface area contributed by atoms with Gasteiger partial charge in [-0.2, -0.15) is 0 Å². The van der Waals surface area contributed by atoms with E-state index in [0.29, 0.717) is 12.0 Å². The Morgan fingerprint density at radius 3 is 1.41 bits per heavy atom. The van der Waals surface area contributed by atoms with Crippen molar-refractivity contribution in [2.45, 2.75) is 143 Å². The highest BCUT2D eigenvalue weighted by atomic mass is 16.4. The maximum atomic E-state index is 14.1. The third kappa shape index (κ3) is 18.3. The van der Waals surface area contributed by atoms with Gasteiger partial charge in [0.15, 0.2) is 0 Å².